The fraction of sp³-hybridized carbons (Fsp3) is 0.125. The van der Waals surface area contributed by atoms with Crippen molar-refractivity contribution in [2.75, 3.05) is 6.54 Å². The first kappa shape index (κ1) is 20.5. The Morgan fingerprint density at radius 3 is 2.42 bits per heavy atom. The van der Waals surface area contributed by atoms with Gasteiger partial charge in [0, 0.05) is 23.7 Å². The highest BCUT2D eigenvalue weighted by atomic mass is 19.1. The van der Waals surface area contributed by atoms with Gasteiger partial charge < -0.3 is 15.0 Å². The molecule has 0 unspecified atom stereocenters. The van der Waals surface area contributed by atoms with Crippen LogP contribution in [0, 0.1) is 17.5 Å². The van der Waals surface area contributed by atoms with E-state index in [0.717, 1.165) is 11.6 Å². The summed E-state index contributed by atoms with van der Waals surface area (Å²) >= 11 is 0. The Hall–Kier alpha value is -3.74. The van der Waals surface area contributed by atoms with Crippen LogP contribution < -0.4 is 5.32 Å². The van der Waals surface area contributed by atoms with Crippen molar-refractivity contribution in [3.05, 3.63) is 95.3 Å². The number of nitrogens with one attached hydrogen (secondary N) is 2. The molecular weight excluding hydrogens is 405 g/mol. The molecule has 0 radical (unpaired) electrons. The number of rotatable bonds is 6. The van der Waals surface area contributed by atoms with Crippen LogP contribution in [0.25, 0.3) is 22.2 Å². The second-order valence-corrected chi connectivity index (χ2v) is 7.03. The molecule has 4 nitrogen and oxygen atoms in total. The van der Waals surface area contributed by atoms with E-state index in [0.29, 0.717) is 22.2 Å². The average Bonchev–Trinajstić information content (AvgIpc) is 3.12. The summed E-state index contributed by atoms with van der Waals surface area (Å²) in [5.41, 5.74) is 2.79. The number of H-pyrrole nitrogens is 1. The van der Waals surface area contributed by atoms with E-state index in [1.165, 1.54) is 18.2 Å². The Balaban J connectivity index is 1.52. The van der Waals surface area contributed by atoms with Crippen LogP contribution in [-0.2, 0) is 17.8 Å². The predicted molar refractivity (Wildman–Crippen MR) is 112 cm³/mol. The number of aromatic nitrogens is 1. The van der Waals surface area contributed by atoms with Crippen LogP contribution in [0.4, 0.5) is 18.0 Å². The fourth-order valence-electron chi connectivity index (χ4n) is 3.46. The summed E-state index contributed by atoms with van der Waals surface area (Å²) in [6.07, 6.45) is -0.305. The maximum absolute atomic E-state index is 14.3. The minimum Gasteiger partial charge on any atom is -0.445 e. The van der Waals surface area contributed by atoms with Crippen molar-refractivity contribution >= 4 is 17.0 Å². The first-order valence-corrected chi connectivity index (χ1v) is 9.71. The summed E-state index contributed by atoms with van der Waals surface area (Å²) in [5, 5.41) is 3.02. The molecule has 3 aromatic carbocycles. The van der Waals surface area contributed by atoms with E-state index in [2.05, 4.69) is 10.3 Å². The molecule has 7 heteroatoms. The molecule has 0 bridgehead atoms. The largest absolute Gasteiger partial charge is 0.445 e. The normalized spacial score (nSPS) is 10.9. The zero-order valence-corrected chi connectivity index (χ0v) is 16.4. The number of ether oxygens (including phenoxy) is 1. The van der Waals surface area contributed by atoms with Crippen molar-refractivity contribution in [3.63, 3.8) is 0 Å². The molecule has 1 aromatic heterocycles. The number of carbonyl (C=O) groups excluding carboxylic acids is 1. The first-order valence-electron chi connectivity index (χ1n) is 9.71. The molecule has 0 aliphatic carbocycles. The SMILES string of the molecule is O=C(NCCc1c(-c2ccc(F)cc2)[nH]c2c(F)cc(F)cc12)OCc1ccccc1. The molecule has 0 saturated carbocycles. The molecule has 0 fully saturated rings. The molecule has 0 spiro atoms. The van der Waals surface area contributed by atoms with Gasteiger partial charge >= 0.3 is 6.09 Å². The summed E-state index contributed by atoms with van der Waals surface area (Å²) in [5.74, 6) is -1.83. The minimum atomic E-state index is -0.722. The number of carbonyl (C=O) groups is 1. The molecule has 0 saturated heterocycles. The molecular formula is C24H19F3N2O2. The Bertz CT molecular complexity index is 1210. The van der Waals surface area contributed by atoms with Crippen molar-refractivity contribution in [2.24, 2.45) is 0 Å². The highest BCUT2D eigenvalue weighted by Gasteiger charge is 2.17. The van der Waals surface area contributed by atoms with Crippen LogP contribution in [0.15, 0.2) is 66.7 Å². The molecule has 31 heavy (non-hydrogen) atoms. The van der Waals surface area contributed by atoms with Gasteiger partial charge in [0.2, 0.25) is 0 Å². The number of hydrogen-bond acceptors (Lipinski definition) is 2. The smallest absolute Gasteiger partial charge is 0.407 e. The van der Waals surface area contributed by atoms with Gasteiger partial charge in [-0.3, -0.25) is 0 Å². The van der Waals surface area contributed by atoms with Crippen LogP contribution in [0.5, 0.6) is 0 Å². The van der Waals surface area contributed by atoms with Crippen molar-refractivity contribution in [1.29, 1.82) is 0 Å². The van der Waals surface area contributed by atoms with E-state index < -0.39 is 23.5 Å². The Morgan fingerprint density at radius 2 is 1.68 bits per heavy atom. The standard InChI is InChI=1S/C24H19F3N2O2/c25-17-8-6-16(7-9-17)22-19(20-12-18(26)13-21(27)23(20)29-22)10-11-28-24(30)31-14-15-4-2-1-3-5-15/h1-9,12-13,29H,10-11,14H2,(H,28,30). The van der Waals surface area contributed by atoms with Gasteiger partial charge in [-0.25, -0.2) is 18.0 Å². The third-order valence-electron chi connectivity index (χ3n) is 4.92. The van der Waals surface area contributed by atoms with Gasteiger partial charge in [0.15, 0.2) is 0 Å². The minimum absolute atomic E-state index is 0.136. The van der Waals surface area contributed by atoms with Gasteiger partial charge in [-0.2, -0.15) is 0 Å². The van der Waals surface area contributed by atoms with Crippen LogP contribution in [-0.4, -0.2) is 17.6 Å². The van der Waals surface area contributed by atoms with Gasteiger partial charge in [-0.1, -0.05) is 30.3 Å². The Kier molecular flexibility index (Phi) is 5.93. The molecule has 2 N–H and O–H groups in total. The highest BCUT2D eigenvalue weighted by molar-refractivity contribution is 5.91. The monoisotopic (exact) mass is 424 g/mol. The Labute approximate surface area is 176 Å². The molecule has 1 heterocycles. The Morgan fingerprint density at radius 1 is 0.935 bits per heavy atom. The van der Waals surface area contributed by atoms with Crippen molar-refractivity contribution in [3.8, 4) is 11.3 Å². The van der Waals surface area contributed by atoms with Crippen molar-refractivity contribution in [1.82, 2.24) is 10.3 Å². The van der Waals surface area contributed by atoms with Crippen molar-refractivity contribution < 1.29 is 22.7 Å². The van der Waals surface area contributed by atoms with Gasteiger partial charge in [-0.05, 0) is 53.4 Å². The zero-order valence-electron chi connectivity index (χ0n) is 16.4. The van der Waals surface area contributed by atoms with Gasteiger partial charge in [0.1, 0.15) is 24.1 Å². The lowest BCUT2D eigenvalue weighted by Gasteiger charge is -2.09. The topological polar surface area (TPSA) is 54.1 Å². The predicted octanol–water partition coefficient (Wildman–Crippen LogP) is 5.72. The quantitative estimate of drug-likeness (QED) is 0.416. The lowest BCUT2D eigenvalue weighted by molar-refractivity contribution is 0.140. The number of halogens is 3. The molecule has 0 aliphatic rings. The van der Waals surface area contributed by atoms with Crippen LogP contribution >= 0.6 is 0 Å². The maximum atomic E-state index is 14.3. The fourth-order valence-corrected chi connectivity index (χ4v) is 3.46. The lowest BCUT2D eigenvalue weighted by atomic mass is 10.0. The van der Waals surface area contributed by atoms with Gasteiger partial charge in [0.25, 0.3) is 0 Å². The average molecular weight is 424 g/mol. The maximum Gasteiger partial charge on any atom is 0.407 e. The number of aromatic amines is 1. The highest BCUT2D eigenvalue weighted by Crippen LogP contribution is 2.32. The number of hydrogen-bond donors (Lipinski definition) is 2. The second-order valence-electron chi connectivity index (χ2n) is 7.03. The van der Waals surface area contributed by atoms with Crippen LogP contribution in [0.3, 0.4) is 0 Å². The van der Waals surface area contributed by atoms with E-state index >= 15 is 0 Å². The summed E-state index contributed by atoms with van der Waals surface area (Å²) in [6.45, 7) is 0.323. The number of benzene rings is 3. The second kappa shape index (κ2) is 8.95. The third kappa shape index (κ3) is 4.71. The van der Waals surface area contributed by atoms with Gasteiger partial charge in [-0.15, -0.1) is 0 Å². The van der Waals surface area contributed by atoms with Gasteiger partial charge in [0.05, 0.1) is 5.52 Å². The van der Waals surface area contributed by atoms with Crippen LogP contribution in [0.2, 0.25) is 0 Å². The van der Waals surface area contributed by atoms with E-state index in [-0.39, 0.29) is 25.1 Å². The molecule has 4 rings (SSSR count). The van der Waals surface area contributed by atoms with E-state index in [9.17, 15) is 18.0 Å². The number of alkyl carbamates (subject to hydrolysis) is 1. The number of amides is 1. The van der Waals surface area contributed by atoms with E-state index in [4.69, 9.17) is 4.74 Å². The first-order chi connectivity index (χ1) is 15.0. The molecule has 0 atom stereocenters. The molecule has 0 aliphatic heterocycles. The summed E-state index contributed by atoms with van der Waals surface area (Å²) in [6, 6.07) is 17.0. The summed E-state index contributed by atoms with van der Waals surface area (Å²) in [7, 11) is 0. The summed E-state index contributed by atoms with van der Waals surface area (Å²) < 4.78 is 46.7. The van der Waals surface area contributed by atoms with E-state index in [1.54, 1.807) is 12.1 Å². The molecule has 4 aromatic rings. The van der Waals surface area contributed by atoms with E-state index in [1.807, 2.05) is 30.3 Å². The molecule has 158 valence electrons. The lowest BCUT2D eigenvalue weighted by Crippen LogP contribution is -2.26. The number of fused-ring (bicyclic) bond motifs is 1. The summed E-state index contributed by atoms with van der Waals surface area (Å²) in [4.78, 5) is 15.0. The zero-order chi connectivity index (χ0) is 21.8. The van der Waals surface area contributed by atoms with Crippen molar-refractivity contribution in [2.45, 2.75) is 13.0 Å². The molecule has 1 amide bonds. The third-order valence-corrected chi connectivity index (χ3v) is 4.92. The van der Waals surface area contributed by atoms with Crippen LogP contribution in [0.1, 0.15) is 11.1 Å².